The Bertz CT molecular complexity index is 1470. The molecule has 0 N–H and O–H groups in total. The number of hydrogen-bond donors (Lipinski definition) is 0. The average molecular weight is 447 g/mol. The number of amides is 1. The fourth-order valence-electron chi connectivity index (χ4n) is 3.95. The van der Waals surface area contributed by atoms with E-state index in [9.17, 15) is 4.79 Å². The standard InChI is InChI=1S/C29H22N2OS/c1-31-26(22-15-7-3-8-16-22)27(23-17-9-4-10-18-23)33-29(31)30-28(32)25-20-12-11-19-24(25)21-13-5-2-6-14-21/h2-20H,1H3. The minimum Gasteiger partial charge on any atom is -0.319 e. The van der Waals surface area contributed by atoms with Gasteiger partial charge in [-0.2, -0.15) is 4.99 Å². The van der Waals surface area contributed by atoms with Crippen LogP contribution in [0.15, 0.2) is 120 Å². The van der Waals surface area contributed by atoms with Crippen molar-refractivity contribution in [2.45, 2.75) is 0 Å². The Hall–Kier alpha value is -4.02. The third kappa shape index (κ3) is 4.21. The fourth-order valence-corrected chi connectivity index (χ4v) is 5.09. The quantitative estimate of drug-likeness (QED) is 0.298. The van der Waals surface area contributed by atoms with E-state index in [1.54, 1.807) is 0 Å². The summed E-state index contributed by atoms with van der Waals surface area (Å²) in [5.74, 6) is -0.245. The first-order valence-electron chi connectivity index (χ1n) is 10.8. The maximum atomic E-state index is 13.4. The van der Waals surface area contributed by atoms with Crippen LogP contribution in [0, 0.1) is 0 Å². The first kappa shape index (κ1) is 20.9. The second-order valence-corrected chi connectivity index (χ2v) is 8.66. The van der Waals surface area contributed by atoms with Crippen molar-refractivity contribution in [3.8, 4) is 32.8 Å². The molecule has 0 saturated heterocycles. The number of rotatable bonds is 4. The van der Waals surface area contributed by atoms with Gasteiger partial charge in [0.25, 0.3) is 5.91 Å². The van der Waals surface area contributed by atoms with E-state index >= 15 is 0 Å². The highest BCUT2D eigenvalue weighted by atomic mass is 32.1. The van der Waals surface area contributed by atoms with Gasteiger partial charge in [-0.05, 0) is 28.3 Å². The van der Waals surface area contributed by atoms with Crippen LogP contribution >= 0.6 is 11.3 Å². The van der Waals surface area contributed by atoms with Gasteiger partial charge in [0.15, 0.2) is 4.80 Å². The van der Waals surface area contributed by atoms with Gasteiger partial charge in [-0.15, -0.1) is 0 Å². The monoisotopic (exact) mass is 446 g/mol. The lowest BCUT2D eigenvalue weighted by Crippen LogP contribution is -2.14. The topological polar surface area (TPSA) is 34.4 Å². The summed E-state index contributed by atoms with van der Waals surface area (Å²) < 4.78 is 2.02. The molecule has 4 aromatic carbocycles. The van der Waals surface area contributed by atoms with E-state index in [-0.39, 0.29) is 5.91 Å². The van der Waals surface area contributed by atoms with Gasteiger partial charge < -0.3 is 4.57 Å². The number of carbonyl (C=O) groups is 1. The van der Waals surface area contributed by atoms with Crippen LogP contribution in [0.3, 0.4) is 0 Å². The molecule has 0 saturated carbocycles. The normalized spacial score (nSPS) is 11.5. The summed E-state index contributed by atoms with van der Waals surface area (Å²) in [6.07, 6.45) is 0. The van der Waals surface area contributed by atoms with Crippen molar-refractivity contribution in [3.05, 3.63) is 126 Å². The lowest BCUT2D eigenvalue weighted by atomic mass is 9.99. The molecule has 0 aliphatic carbocycles. The van der Waals surface area contributed by atoms with Crippen molar-refractivity contribution in [2.24, 2.45) is 12.0 Å². The van der Waals surface area contributed by atoms with Crippen LogP contribution in [-0.2, 0) is 7.05 Å². The zero-order valence-electron chi connectivity index (χ0n) is 18.2. The van der Waals surface area contributed by atoms with Gasteiger partial charge in [0.1, 0.15) is 0 Å². The molecule has 0 aliphatic rings. The lowest BCUT2D eigenvalue weighted by Gasteiger charge is -2.07. The minimum atomic E-state index is -0.245. The van der Waals surface area contributed by atoms with Gasteiger partial charge in [-0.3, -0.25) is 4.79 Å². The molecule has 5 rings (SSSR count). The van der Waals surface area contributed by atoms with Crippen molar-refractivity contribution >= 4 is 17.2 Å². The van der Waals surface area contributed by atoms with Crippen LogP contribution < -0.4 is 4.80 Å². The van der Waals surface area contributed by atoms with Crippen LogP contribution in [0.2, 0.25) is 0 Å². The van der Waals surface area contributed by atoms with Crippen molar-refractivity contribution in [1.82, 2.24) is 4.57 Å². The number of thiazole rings is 1. The molecule has 0 spiro atoms. The Balaban J connectivity index is 1.67. The predicted octanol–water partition coefficient (Wildman–Crippen LogP) is 6.83. The highest BCUT2D eigenvalue weighted by Crippen LogP contribution is 2.34. The van der Waals surface area contributed by atoms with Crippen LogP contribution in [0.1, 0.15) is 10.4 Å². The highest BCUT2D eigenvalue weighted by molar-refractivity contribution is 7.13. The molecule has 5 aromatic rings. The molecule has 4 heteroatoms. The first-order chi connectivity index (χ1) is 16.2. The first-order valence-corrected chi connectivity index (χ1v) is 11.6. The van der Waals surface area contributed by atoms with E-state index in [2.05, 4.69) is 29.3 Å². The fraction of sp³-hybridized carbons (Fsp3) is 0.0345. The second-order valence-electron chi connectivity index (χ2n) is 7.68. The maximum absolute atomic E-state index is 13.4. The Morgan fingerprint density at radius 3 is 1.82 bits per heavy atom. The van der Waals surface area contributed by atoms with E-state index in [1.165, 1.54) is 11.3 Å². The lowest BCUT2D eigenvalue weighted by molar-refractivity contribution is 0.0998. The molecule has 3 nitrogen and oxygen atoms in total. The molecule has 1 aromatic heterocycles. The second kappa shape index (κ2) is 9.23. The summed E-state index contributed by atoms with van der Waals surface area (Å²) in [6, 6.07) is 38.1. The van der Waals surface area contributed by atoms with E-state index in [4.69, 9.17) is 0 Å². The third-order valence-electron chi connectivity index (χ3n) is 5.55. The number of hydrogen-bond acceptors (Lipinski definition) is 2. The Morgan fingerprint density at radius 2 is 1.18 bits per heavy atom. The summed E-state index contributed by atoms with van der Waals surface area (Å²) in [5, 5.41) is 0. The van der Waals surface area contributed by atoms with Gasteiger partial charge in [0, 0.05) is 12.6 Å². The van der Waals surface area contributed by atoms with Crippen LogP contribution in [0.25, 0.3) is 32.8 Å². The Kier molecular flexibility index (Phi) is 5.83. The third-order valence-corrected chi connectivity index (χ3v) is 6.73. The summed E-state index contributed by atoms with van der Waals surface area (Å²) in [5.41, 5.74) is 5.73. The molecule has 0 aliphatic heterocycles. The SMILES string of the molecule is Cn1c(-c2ccccc2)c(-c2ccccc2)sc1=NC(=O)c1ccccc1-c1ccccc1. The summed E-state index contributed by atoms with van der Waals surface area (Å²) >= 11 is 1.53. The molecular formula is C29H22N2OS. The van der Waals surface area contributed by atoms with Crippen molar-refractivity contribution in [1.29, 1.82) is 0 Å². The van der Waals surface area contributed by atoms with Gasteiger partial charge in [-0.1, -0.05) is 121 Å². The molecule has 1 amide bonds. The maximum Gasteiger partial charge on any atom is 0.280 e. The predicted molar refractivity (Wildman–Crippen MR) is 136 cm³/mol. The van der Waals surface area contributed by atoms with Crippen LogP contribution in [0.4, 0.5) is 0 Å². The number of nitrogens with zero attached hydrogens (tertiary/aromatic N) is 2. The van der Waals surface area contributed by atoms with Crippen LogP contribution in [0.5, 0.6) is 0 Å². The van der Waals surface area contributed by atoms with Gasteiger partial charge in [0.05, 0.1) is 10.6 Å². The average Bonchev–Trinajstić information content (AvgIpc) is 3.21. The number of carbonyl (C=O) groups excluding carboxylic acids is 1. The van der Waals surface area contributed by atoms with E-state index in [1.807, 2.05) is 103 Å². The molecular weight excluding hydrogens is 424 g/mol. The van der Waals surface area contributed by atoms with E-state index in [0.29, 0.717) is 10.4 Å². The molecule has 0 fully saturated rings. The van der Waals surface area contributed by atoms with Crippen LogP contribution in [-0.4, -0.2) is 10.5 Å². The minimum absolute atomic E-state index is 0.245. The Labute approximate surface area is 197 Å². The number of aromatic nitrogens is 1. The Morgan fingerprint density at radius 1 is 0.667 bits per heavy atom. The molecule has 1 heterocycles. The zero-order chi connectivity index (χ0) is 22.6. The summed E-state index contributed by atoms with van der Waals surface area (Å²) in [4.78, 5) is 19.7. The molecule has 0 atom stereocenters. The molecule has 0 bridgehead atoms. The zero-order valence-corrected chi connectivity index (χ0v) is 19.0. The van der Waals surface area contributed by atoms with Gasteiger partial charge in [0.2, 0.25) is 0 Å². The molecule has 33 heavy (non-hydrogen) atoms. The van der Waals surface area contributed by atoms with Gasteiger partial charge >= 0.3 is 0 Å². The summed E-state index contributed by atoms with van der Waals surface area (Å²) in [7, 11) is 1.97. The molecule has 0 unspecified atom stereocenters. The smallest absolute Gasteiger partial charge is 0.280 e. The molecule has 160 valence electrons. The number of benzene rings is 4. The van der Waals surface area contributed by atoms with Crippen molar-refractivity contribution in [2.75, 3.05) is 0 Å². The molecule has 0 radical (unpaired) electrons. The largest absolute Gasteiger partial charge is 0.319 e. The van der Waals surface area contributed by atoms with Gasteiger partial charge in [-0.25, -0.2) is 0 Å². The van der Waals surface area contributed by atoms with Crippen molar-refractivity contribution < 1.29 is 4.79 Å². The highest BCUT2D eigenvalue weighted by Gasteiger charge is 2.17. The van der Waals surface area contributed by atoms with E-state index in [0.717, 1.165) is 32.8 Å². The summed E-state index contributed by atoms with van der Waals surface area (Å²) in [6.45, 7) is 0. The van der Waals surface area contributed by atoms with E-state index < -0.39 is 0 Å². The van der Waals surface area contributed by atoms with Crippen molar-refractivity contribution in [3.63, 3.8) is 0 Å².